The molecule has 8 heteroatoms. The van der Waals surface area contributed by atoms with E-state index >= 15 is 0 Å². The van der Waals surface area contributed by atoms with E-state index in [1.807, 2.05) is 18.7 Å². The normalized spacial score (nSPS) is 21.3. The van der Waals surface area contributed by atoms with Gasteiger partial charge in [-0.2, -0.15) is 0 Å². The summed E-state index contributed by atoms with van der Waals surface area (Å²) in [6.45, 7) is 9.27. The summed E-state index contributed by atoms with van der Waals surface area (Å²) in [6, 6.07) is 10.9. The van der Waals surface area contributed by atoms with Crippen LogP contribution in [0.3, 0.4) is 0 Å². The molecule has 0 aliphatic carbocycles. The predicted molar refractivity (Wildman–Crippen MR) is 144 cm³/mol. The molecule has 1 atom stereocenters. The maximum absolute atomic E-state index is 12.9. The van der Waals surface area contributed by atoms with E-state index in [1.165, 1.54) is 0 Å². The van der Waals surface area contributed by atoms with Crippen LogP contribution in [0.5, 0.6) is 11.5 Å². The highest BCUT2D eigenvalue weighted by Gasteiger charge is 2.45. The first-order chi connectivity index (χ1) is 18.4. The number of rotatable bonds is 9. The Morgan fingerprint density at radius 2 is 1.74 bits per heavy atom. The van der Waals surface area contributed by atoms with Gasteiger partial charge in [-0.3, -0.25) is 9.69 Å². The highest BCUT2D eigenvalue weighted by atomic mass is 16.5. The smallest absolute Gasteiger partial charge is 0.335 e. The minimum absolute atomic E-state index is 0.0187. The molecule has 3 aliphatic heterocycles. The maximum Gasteiger partial charge on any atom is 0.335 e. The van der Waals surface area contributed by atoms with E-state index in [0.29, 0.717) is 26.2 Å². The molecule has 3 fully saturated rings. The number of piperidine rings is 1. The van der Waals surface area contributed by atoms with Crippen LogP contribution in [-0.2, 0) is 16.1 Å². The summed E-state index contributed by atoms with van der Waals surface area (Å²) in [5.41, 5.74) is 3.17. The van der Waals surface area contributed by atoms with Gasteiger partial charge in [-0.25, -0.2) is 4.79 Å². The van der Waals surface area contributed by atoms with Crippen LogP contribution < -0.4 is 14.4 Å². The van der Waals surface area contributed by atoms with Gasteiger partial charge in [-0.1, -0.05) is 0 Å². The lowest BCUT2D eigenvalue weighted by Crippen LogP contribution is -2.41. The minimum atomic E-state index is -0.962. The van der Waals surface area contributed by atoms with E-state index in [0.717, 1.165) is 80.2 Å². The number of carbonyl (C=O) groups excluding carboxylic acids is 1. The molecular formula is C30H38N2O6. The van der Waals surface area contributed by atoms with E-state index in [4.69, 9.17) is 19.3 Å². The Labute approximate surface area is 224 Å². The fourth-order valence-electron chi connectivity index (χ4n) is 6.11. The largest absolute Gasteiger partial charge is 0.493 e. The van der Waals surface area contributed by atoms with Crippen molar-refractivity contribution in [3.05, 3.63) is 53.1 Å². The summed E-state index contributed by atoms with van der Waals surface area (Å²) in [5.74, 6) is 0.880. The summed E-state index contributed by atoms with van der Waals surface area (Å²) >= 11 is 0. The number of carbonyl (C=O) groups is 2. The van der Waals surface area contributed by atoms with Crippen molar-refractivity contribution in [2.45, 2.75) is 58.6 Å². The molecular weight excluding hydrogens is 484 g/mol. The molecule has 0 aromatic heterocycles. The number of amides is 1. The monoisotopic (exact) mass is 522 g/mol. The molecule has 204 valence electrons. The van der Waals surface area contributed by atoms with Crippen molar-refractivity contribution in [2.75, 3.05) is 44.4 Å². The summed E-state index contributed by atoms with van der Waals surface area (Å²) in [7, 11) is 0. The molecule has 1 spiro atoms. The molecule has 0 bridgehead atoms. The molecule has 1 amide bonds. The zero-order valence-corrected chi connectivity index (χ0v) is 22.4. The van der Waals surface area contributed by atoms with Gasteiger partial charge in [0, 0.05) is 31.8 Å². The summed E-state index contributed by atoms with van der Waals surface area (Å²) in [6.07, 6.45) is 4.49. The molecule has 3 aliphatic rings. The van der Waals surface area contributed by atoms with Crippen LogP contribution in [0, 0.1) is 5.41 Å². The van der Waals surface area contributed by atoms with Crippen LogP contribution in [0.2, 0.25) is 0 Å². The second kappa shape index (κ2) is 11.3. The van der Waals surface area contributed by atoms with E-state index in [1.54, 1.807) is 24.3 Å². The van der Waals surface area contributed by atoms with Crippen molar-refractivity contribution in [2.24, 2.45) is 5.41 Å². The fourth-order valence-corrected chi connectivity index (χ4v) is 6.11. The van der Waals surface area contributed by atoms with Crippen LogP contribution >= 0.6 is 0 Å². The Bertz CT molecular complexity index is 1120. The zero-order chi connectivity index (χ0) is 26.7. The maximum atomic E-state index is 12.9. The Kier molecular flexibility index (Phi) is 7.91. The van der Waals surface area contributed by atoms with Crippen molar-refractivity contribution in [3.8, 4) is 11.5 Å². The molecule has 0 radical (unpaired) electrons. The lowest BCUT2D eigenvalue weighted by molar-refractivity contribution is -0.118. The van der Waals surface area contributed by atoms with Crippen molar-refractivity contribution < 1.29 is 28.9 Å². The molecule has 1 unspecified atom stereocenters. The number of ether oxygens (including phenoxy) is 3. The van der Waals surface area contributed by atoms with Gasteiger partial charge >= 0.3 is 5.97 Å². The van der Waals surface area contributed by atoms with Gasteiger partial charge in [-0.15, -0.1) is 0 Å². The van der Waals surface area contributed by atoms with Crippen LogP contribution in [0.25, 0.3) is 0 Å². The predicted octanol–water partition coefficient (Wildman–Crippen LogP) is 5.05. The zero-order valence-electron chi connectivity index (χ0n) is 22.4. The standard InChI is InChI=1S/C30H38N2O6/c1-3-36-25-16-21(17-26(37-4-2)28(25)24-6-5-15-38-24)19-31-13-11-30(12-14-31)18-27(33)32(20-30)23-9-7-22(8-10-23)29(34)35/h7-10,16-17,24H,3-6,11-15,18-20H2,1-2H3,(H,34,35). The Hall–Kier alpha value is -3.10. The molecule has 38 heavy (non-hydrogen) atoms. The van der Waals surface area contributed by atoms with E-state index in [-0.39, 0.29) is 23.0 Å². The van der Waals surface area contributed by atoms with Crippen LogP contribution in [0.4, 0.5) is 5.69 Å². The summed E-state index contributed by atoms with van der Waals surface area (Å²) in [4.78, 5) is 28.4. The van der Waals surface area contributed by atoms with E-state index in [9.17, 15) is 9.59 Å². The van der Waals surface area contributed by atoms with Gasteiger partial charge in [-0.05, 0) is 100.0 Å². The number of carboxylic acid groups (broad SMARTS) is 1. The van der Waals surface area contributed by atoms with Crippen molar-refractivity contribution in [3.63, 3.8) is 0 Å². The van der Waals surface area contributed by atoms with Gasteiger partial charge in [0.15, 0.2) is 0 Å². The lowest BCUT2D eigenvalue weighted by Gasteiger charge is -2.39. The van der Waals surface area contributed by atoms with Crippen molar-refractivity contribution in [1.82, 2.24) is 4.90 Å². The Morgan fingerprint density at radius 3 is 2.29 bits per heavy atom. The molecule has 3 saturated heterocycles. The Balaban J connectivity index is 1.26. The van der Waals surface area contributed by atoms with Crippen LogP contribution in [0.1, 0.15) is 73.5 Å². The number of aromatic carboxylic acids is 1. The fraction of sp³-hybridized carbons (Fsp3) is 0.533. The number of hydrogen-bond donors (Lipinski definition) is 1. The minimum Gasteiger partial charge on any atom is -0.493 e. The average Bonchev–Trinajstić information content (AvgIpc) is 3.54. The lowest BCUT2D eigenvalue weighted by atomic mass is 9.77. The van der Waals surface area contributed by atoms with E-state index in [2.05, 4.69) is 17.0 Å². The number of benzene rings is 2. The third-order valence-electron chi connectivity index (χ3n) is 8.08. The van der Waals surface area contributed by atoms with E-state index < -0.39 is 5.97 Å². The van der Waals surface area contributed by atoms with Gasteiger partial charge in [0.05, 0.1) is 30.4 Å². The topological polar surface area (TPSA) is 88.5 Å². The molecule has 3 heterocycles. The van der Waals surface area contributed by atoms with Gasteiger partial charge in [0.25, 0.3) is 0 Å². The quantitative estimate of drug-likeness (QED) is 0.493. The molecule has 8 nitrogen and oxygen atoms in total. The Morgan fingerprint density at radius 1 is 1.08 bits per heavy atom. The number of carboxylic acids is 1. The number of nitrogens with zero attached hydrogens (tertiary/aromatic N) is 2. The molecule has 2 aromatic rings. The molecule has 1 N–H and O–H groups in total. The second-order valence-corrected chi connectivity index (χ2v) is 10.7. The van der Waals surface area contributed by atoms with Crippen LogP contribution in [-0.4, -0.2) is 61.3 Å². The molecule has 2 aromatic carbocycles. The third-order valence-corrected chi connectivity index (χ3v) is 8.08. The number of likely N-dealkylation sites (tertiary alicyclic amines) is 1. The van der Waals surface area contributed by atoms with Gasteiger partial charge in [0.1, 0.15) is 11.5 Å². The molecule has 5 rings (SSSR count). The molecule has 0 saturated carbocycles. The highest BCUT2D eigenvalue weighted by molar-refractivity contribution is 5.97. The van der Waals surface area contributed by atoms with Gasteiger partial charge < -0.3 is 24.2 Å². The summed E-state index contributed by atoms with van der Waals surface area (Å²) in [5, 5.41) is 9.16. The first kappa shape index (κ1) is 26.5. The first-order valence-electron chi connectivity index (χ1n) is 13.8. The van der Waals surface area contributed by atoms with Gasteiger partial charge in [0.2, 0.25) is 5.91 Å². The van der Waals surface area contributed by atoms with Crippen molar-refractivity contribution in [1.29, 1.82) is 0 Å². The summed E-state index contributed by atoms with van der Waals surface area (Å²) < 4.78 is 18.1. The number of anilines is 1. The SMILES string of the molecule is CCOc1cc(CN2CCC3(CC2)CC(=O)N(c2ccc(C(=O)O)cc2)C3)cc(OCC)c1C1CCCO1. The van der Waals surface area contributed by atoms with Crippen molar-refractivity contribution >= 4 is 17.6 Å². The third kappa shape index (κ3) is 5.52. The highest BCUT2D eigenvalue weighted by Crippen LogP contribution is 2.44. The average molecular weight is 523 g/mol. The first-order valence-corrected chi connectivity index (χ1v) is 13.8. The van der Waals surface area contributed by atoms with Crippen LogP contribution in [0.15, 0.2) is 36.4 Å². The second-order valence-electron chi connectivity index (χ2n) is 10.7. The number of hydrogen-bond acceptors (Lipinski definition) is 6.